The zero-order valence-corrected chi connectivity index (χ0v) is 13.3. The minimum absolute atomic E-state index is 0.0388. The molecule has 0 amide bonds. The monoisotopic (exact) mass is 315 g/mol. The van der Waals surface area contributed by atoms with Gasteiger partial charge in [0.05, 0.1) is 22.0 Å². The molecule has 0 bridgehead atoms. The highest BCUT2D eigenvalue weighted by Crippen LogP contribution is 2.33. The molecule has 0 radical (unpaired) electrons. The molecule has 2 aromatic heterocycles. The Kier molecular flexibility index (Phi) is 4.02. The number of anilines is 1. The molecule has 2 unspecified atom stereocenters. The number of carbonyl (C=O) groups excluding carboxylic acids is 2. The molecular formula is C16H17N3O2S. The number of hydrogen-bond acceptors (Lipinski definition) is 6. The molecular weight excluding hydrogens is 298 g/mol. The Balaban J connectivity index is 1.87. The van der Waals surface area contributed by atoms with E-state index in [9.17, 15) is 9.59 Å². The highest BCUT2D eigenvalue weighted by molar-refractivity contribution is 7.12. The first-order valence-corrected chi connectivity index (χ1v) is 8.20. The van der Waals surface area contributed by atoms with Crippen molar-refractivity contribution in [1.29, 1.82) is 0 Å². The summed E-state index contributed by atoms with van der Waals surface area (Å²) >= 11 is 1.32. The van der Waals surface area contributed by atoms with Crippen LogP contribution in [0, 0.1) is 11.8 Å². The minimum atomic E-state index is -0.625. The first-order chi connectivity index (χ1) is 10.6. The summed E-state index contributed by atoms with van der Waals surface area (Å²) in [6.45, 7) is 4.69. The second-order valence-corrected chi connectivity index (χ2v) is 6.33. The normalized spacial score (nSPS) is 20.5. The molecule has 0 spiro atoms. The largest absolute Gasteiger partial charge is 0.370 e. The molecule has 3 rings (SSSR count). The van der Waals surface area contributed by atoms with E-state index in [1.807, 2.05) is 13.8 Å². The van der Waals surface area contributed by atoms with Crippen molar-refractivity contribution in [3.05, 3.63) is 40.0 Å². The lowest BCUT2D eigenvalue weighted by atomic mass is 9.77. The van der Waals surface area contributed by atoms with Crippen molar-refractivity contribution in [3.63, 3.8) is 0 Å². The molecule has 2 aromatic rings. The summed E-state index contributed by atoms with van der Waals surface area (Å²) in [5.74, 6) is -0.182. The van der Waals surface area contributed by atoms with Gasteiger partial charge in [0.1, 0.15) is 5.82 Å². The third-order valence-corrected chi connectivity index (χ3v) is 4.80. The number of pyridine rings is 1. The summed E-state index contributed by atoms with van der Waals surface area (Å²) in [5.41, 5.74) is 2.99. The molecule has 0 aliphatic heterocycles. The van der Waals surface area contributed by atoms with Crippen LogP contribution in [0.5, 0.6) is 0 Å². The zero-order valence-electron chi connectivity index (χ0n) is 12.5. The molecule has 0 saturated heterocycles. The summed E-state index contributed by atoms with van der Waals surface area (Å²) in [5, 5.41) is 3.08. The van der Waals surface area contributed by atoms with Gasteiger partial charge < -0.3 is 5.32 Å². The predicted molar refractivity (Wildman–Crippen MR) is 85.5 cm³/mol. The van der Waals surface area contributed by atoms with Crippen LogP contribution in [-0.2, 0) is 6.42 Å². The van der Waals surface area contributed by atoms with E-state index >= 15 is 0 Å². The van der Waals surface area contributed by atoms with E-state index in [1.165, 1.54) is 11.3 Å². The lowest BCUT2D eigenvalue weighted by Crippen LogP contribution is -2.35. The Morgan fingerprint density at radius 1 is 1.41 bits per heavy atom. The maximum Gasteiger partial charge on any atom is 0.185 e. The topological polar surface area (TPSA) is 72.0 Å². The number of hydrogen-bond donors (Lipinski definition) is 1. The standard InChI is InChI=1S/C16H17N3O2S/c1-3-17-12-5-4-10(7-18-12)14(20)13-9(2)6-11-16(15(13)21)22-8-19-11/h4-5,7-9,13H,3,6H2,1-2H3,(H,17,18). The number of rotatable bonds is 4. The van der Waals surface area contributed by atoms with Gasteiger partial charge in [0.2, 0.25) is 0 Å². The Morgan fingerprint density at radius 3 is 2.91 bits per heavy atom. The van der Waals surface area contributed by atoms with Gasteiger partial charge in [-0.1, -0.05) is 6.92 Å². The molecule has 0 saturated carbocycles. The van der Waals surface area contributed by atoms with Crippen molar-refractivity contribution >= 4 is 28.7 Å². The molecule has 1 aliphatic carbocycles. The zero-order chi connectivity index (χ0) is 15.7. The van der Waals surface area contributed by atoms with Gasteiger partial charge in [0, 0.05) is 18.3 Å². The number of aromatic nitrogens is 2. The highest BCUT2D eigenvalue weighted by atomic mass is 32.1. The van der Waals surface area contributed by atoms with E-state index in [4.69, 9.17) is 0 Å². The number of nitrogens with one attached hydrogen (secondary N) is 1. The van der Waals surface area contributed by atoms with Gasteiger partial charge >= 0.3 is 0 Å². The second kappa shape index (κ2) is 5.96. The number of carbonyl (C=O) groups is 2. The van der Waals surface area contributed by atoms with Crippen LogP contribution in [0.25, 0.3) is 0 Å². The van der Waals surface area contributed by atoms with Crippen molar-refractivity contribution in [2.75, 3.05) is 11.9 Å². The van der Waals surface area contributed by atoms with Crippen molar-refractivity contribution < 1.29 is 9.59 Å². The van der Waals surface area contributed by atoms with Gasteiger partial charge in [0.15, 0.2) is 11.6 Å². The number of fused-ring (bicyclic) bond motifs is 1. The first-order valence-electron chi connectivity index (χ1n) is 7.32. The van der Waals surface area contributed by atoms with Gasteiger partial charge in [-0.2, -0.15) is 0 Å². The van der Waals surface area contributed by atoms with Crippen LogP contribution in [0.4, 0.5) is 5.82 Å². The Bertz CT molecular complexity index is 708. The van der Waals surface area contributed by atoms with Gasteiger partial charge in [-0.05, 0) is 31.4 Å². The molecule has 2 atom stereocenters. The summed E-state index contributed by atoms with van der Waals surface area (Å²) in [6.07, 6.45) is 2.21. The van der Waals surface area contributed by atoms with Crippen LogP contribution in [0.15, 0.2) is 23.8 Å². The van der Waals surface area contributed by atoms with Gasteiger partial charge in [0.25, 0.3) is 0 Å². The van der Waals surface area contributed by atoms with E-state index in [2.05, 4.69) is 15.3 Å². The quantitative estimate of drug-likeness (QED) is 0.694. The van der Waals surface area contributed by atoms with Gasteiger partial charge in [-0.15, -0.1) is 11.3 Å². The van der Waals surface area contributed by atoms with Crippen molar-refractivity contribution in [2.45, 2.75) is 20.3 Å². The molecule has 5 nitrogen and oxygen atoms in total. The van der Waals surface area contributed by atoms with E-state index in [1.54, 1.807) is 23.8 Å². The Labute approximate surface area is 132 Å². The molecule has 6 heteroatoms. The van der Waals surface area contributed by atoms with Crippen LogP contribution in [0.2, 0.25) is 0 Å². The van der Waals surface area contributed by atoms with Crippen LogP contribution in [-0.4, -0.2) is 28.1 Å². The Morgan fingerprint density at radius 2 is 2.23 bits per heavy atom. The maximum atomic E-state index is 12.7. The average Bonchev–Trinajstić information content (AvgIpc) is 2.96. The summed E-state index contributed by atoms with van der Waals surface area (Å²) in [6, 6.07) is 3.50. The fraction of sp³-hybridized carbons (Fsp3) is 0.375. The van der Waals surface area contributed by atoms with Gasteiger partial charge in [-0.3, -0.25) is 9.59 Å². The molecule has 2 heterocycles. The lowest BCUT2D eigenvalue weighted by molar-refractivity contribution is 0.0747. The van der Waals surface area contributed by atoms with E-state index < -0.39 is 5.92 Å². The highest BCUT2D eigenvalue weighted by Gasteiger charge is 2.39. The number of Topliss-reactive ketones (excluding diaryl/α,β-unsaturated/α-hetero) is 2. The fourth-order valence-electron chi connectivity index (χ4n) is 2.82. The van der Waals surface area contributed by atoms with Crippen LogP contribution >= 0.6 is 11.3 Å². The summed E-state index contributed by atoms with van der Waals surface area (Å²) < 4.78 is 0. The molecule has 1 N–H and O–H groups in total. The lowest BCUT2D eigenvalue weighted by Gasteiger charge is -2.25. The number of ketones is 2. The van der Waals surface area contributed by atoms with E-state index in [-0.39, 0.29) is 17.5 Å². The maximum absolute atomic E-state index is 12.7. The van der Waals surface area contributed by atoms with Crippen LogP contribution < -0.4 is 5.32 Å². The third-order valence-electron chi connectivity index (χ3n) is 3.92. The minimum Gasteiger partial charge on any atom is -0.370 e. The number of nitrogens with zero attached hydrogens (tertiary/aromatic N) is 2. The van der Waals surface area contributed by atoms with Gasteiger partial charge in [-0.25, -0.2) is 9.97 Å². The SMILES string of the molecule is CCNc1ccc(C(=O)C2C(=O)c3scnc3CC2C)cn1. The average molecular weight is 315 g/mol. The van der Waals surface area contributed by atoms with Crippen molar-refractivity contribution in [1.82, 2.24) is 9.97 Å². The van der Waals surface area contributed by atoms with Crippen molar-refractivity contribution in [2.24, 2.45) is 11.8 Å². The molecule has 114 valence electrons. The third kappa shape index (κ3) is 2.54. The summed E-state index contributed by atoms with van der Waals surface area (Å²) in [4.78, 5) is 34.4. The second-order valence-electron chi connectivity index (χ2n) is 5.48. The number of thiazole rings is 1. The molecule has 22 heavy (non-hydrogen) atoms. The summed E-state index contributed by atoms with van der Waals surface area (Å²) in [7, 11) is 0. The van der Waals surface area contributed by atoms with Crippen molar-refractivity contribution in [3.8, 4) is 0 Å². The smallest absolute Gasteiger partial charge is 0.185 e. The molecule has 0 aromatic carbocycles. The predicted octanol–water partition coefficient (Wildman–Crippen LogP) is 2.84. The van der Waals surface area contributed by atoms with Crippen LogP contribution in [0.1, 0.15) is 39.6 Å². The fourth-order valence-corrected chi connectivity index (χ4v) is 3.62. The Hall–Kier alpha value is -2.08. The molecule has 0 fully saturated rings. The van der Waals surface area contributed by atoms with Crippen LogP contribution in [0.3, 0.4) is 0 Å². The first kappa shape index (κ1) is 14.8. The van der Waals surface area contributed by atoms with E-state index in [0.717, 1.165) is 18.1 Å². The molecule has 1 aliphatic rings. The van der Waals surface area contributed by atoms with E-state index in [0.29, 0.717) is 16.9 Å².